The highest BCUT2D eigenvalue weighted by Crippen LogP contribution is 2.28. The largest absolute Gasteiger partial charge is 0.378 e. The topological polar surface area (TPSA) is 66.9 Å². The molecular weight excluding hydrogens is 328 g/mol. The van der Waals surface area contributed by atoms with Gasteiger partial charge in [-0.15, -0.1) is 0 Å². The molecule has 2 heterocycles. The Kier molecular flexibility index (Phi) is 4.94. The standard InChI is InChI=1S/C17H24N2O4S/c1-13-5-6-15(12-14(13)2)24(21,22)19-7-3-4-16(19)17(20)18-8-10-23-11-9-18/h5-6,12,16H,3-4,7-11H2,1-2H3/t16-/m1/s1. The molecule has 132 valence electrons. The smallest absolute Gasteiger partial charge is 0.243 e. The van der Waals surface area contributed by atoms with E-state index >= 15 is 0 Å². The molecule has 0 radical (unpaired) electrons. The first kappa shape index (κ1) is 17.4. The highest BCUT2D eigenvalue weighted by molar-refractivity contribution is 7.89. The summed E-state index contributed by atoms with van der Waals surface area (Å²) in [5.74, 6) is -0.0943. The second-order valence-corrected chi connectivity index (χ2v) is 8.35. The SMILES string of the molecule is Cc1ccc(S(=O)(=O)N2CCC[C@@H]2C(=O)N2CCOCC2)cc1C. The fourth-order valence-corrected chi connectivity index (χ4v) is 5.02. The van der Waals surface area contributed by atoms with E-state index in [2.05, 4.69) is 0 Å². The predicted molar refractivity (Wildman–Crippen MR) is 90.2 cm³/mol. The van der Waals surface area contributed by atoms with Crippen molar-refractivity contribution in [2.75, 3.05) is 32.8 Å². The molecular formula is C17H24N2O4S. The Morgan fingerprint density at radius 3 is 2.50 bits per heavy atom. The van der Waals surface area contributed by atoms with Crippen LogP contribution >= 0.6 is 0 Å². The quantitative estimate of drug-likeness (QED) is 0.823. The van der Waals surface area contributed by atoms with Crippen LogP contribution in [-0.4, -0.2) is 62.4 Å². The Hall–Kier alpha value is -1.44. The Morgan fingerprint density at radius 2 is 1.83 bits per heavy atom. The summed E-state index contributed by atoms with van der Waals surface area (Å²) in [5, 5.41) is 0. The van der Waals surface area contributed by atoms with E-state index in [1.165, 1.54) is 4.31 Å². The van der Waals surface area contributed by atoms with Gasteiger partial charge in [-0.1, -0.05) is 6.07 Å². The molecule has 0 aliphatic carbocycles. The minimum atomic E-state index is -3.66. The van der Waals surface area contributed by atoms with E-state index in [9.17, 15) is 13.2 Å². The Labute approximate surface area is 143 Å². The lowest BCUT2D eigenvalue weighted by Gasteiger charge is -2.32. The number of aryl methyl sites for hydroxylation is 2. The van der Waals surface area contributed by atoms with Crippen molar-refractivity contribution >= 4 is 15.9 Å². The first-order valence-corrected chi connectivity index (χ1v) is 9.81. The monoisotopic (exact) mass is 352 g/mol. The van der Waals surface area contributed by atoms with E-state index in [4.69, 9.17) is 4.74 Å². The molecule has 1 atom stereocenters. The molecule has 24 heavy (non-hydrogen) atoms. The molecule has 0 bridgehead atoms. The Morgan fingerprint density at radius 1 is 1.12 bits per heavy atom. The van der Waals surface area contributed by atoms with Gasteiger partial charge >= 0.3 is 0 Å². The Bertz CT molecular complexity index is 726. The minimum absolute atomic E-state index is 0.0943. The summed E-state index contributed by atoms with van der Waals surface area (Å²) < 4.78 is 32.7. The number of amides is 1. The van der Waals surface area contributed by atoms with Crippen LogP contribution in [0.25, 0.3) is 0 Å². The minimum Gasteiger partial charge on any atom is -0.378 e. The van der Waals surface area contributed by atoms with Gasteiger partial charge in [0, 0.05) is 19.6 Å². The third-order valence-electron chi connectivity index (χ3n) is 4.90. The van der Waals surface area contributed by atoms with E-state index in [1.54, 1.807) is 17.0 Å². The summed E-state index contributed by atoms with van der Waals surface area (Å²) in [7, 11) is -3.66. The van der Waals surface area contributed by atoms with Crippen LogP contribution in [-0.2, 0) is 19.6 Å². The van der Waals surface area contributed by atoms with E-state index in [-0.39, 0.29) is 10.8 Å². The third kappa shape index (κ3) is 3.20. The highest BCUT2D eigenvalue weighted by atomic mass is 32.2. The predicted octanol–water partition coefficient (Wildman–Crippen LogP) is 1.32. The first-order valence-electron chi connectivity index (χ1n) is 8.37. The van der Waals surface area contributed by atoms with Crippen LogP contribution in [0.15, 0.2) is 23.1 Å². The van der Waals surface area contributed by atoms with E-state index in [0.29, 0.717) is 45.7 Å². The zero-order valence-electron chi connectivity index (χ0n) is 14.2. The van der Waals surface area contributed by atoms with E-state index in [0.717, 1.165) is 11.1 Å². The van der Waals surface area contributed by atoms with Gasteiger partial charge in [-0.2, -0.15) is 4.31 Å². The van der Waals surface area contributed by atoms with Crippen molar-refractivity contribution in [1.29, 1.82) is 0 Å². The van der Waals surface area contributed by atoms with Gasteiger partial charge in [0.25, 0.3) is 0 Å². The molecule has 0 unspecified atom stereocenters. The molecule has 0 aromatic heterocycles. The van der Waals surface area contributed by atoms with Gasteiger partial charge in [0.15, 0.2) is 0 Å². The number of carbonyl (C=O) groups is 1. The number of hydrogen-bond acceptors (Lipinski definition) is 4. The lowest BCUT2D eigenvalue weighted by atomic mass is 10.1. The van der Waals surface area contributed by atoms with Crippen molar-refractivity contribution in [3.63, 3.8) is 0 Å². The van der Waals surface area contributed by atoms with Crippen LogP contribution in [0.4, 0.5) is 0 Å². The van der Waals surface area contributed by atoms with Crippen LogP contribution in [0.1, 0.15) is 24.0 Å². The summed E-state index contributed by atoms with van der Waals surface area (Å²) in [6, 6.07) is 4.55. The number of morpholine rings is 1. The molecule has 1 amide bonds. The summed E-state index contributed by atoms with van der Waals surface area (Å²) >= 11 is 0. The summed E-state index contributed by atoms with van der Waals surface area (Å²) in [6.07, 6.45) is 1.30. The van der Waals surface area contributed by atoms with Gasteiger partial charge in [-0.3, -0.25) is 4.79 Å². The van der Waals surface area contributed by atoms with Crippen LogP contribution in [0.2, 0.25) is 0 Å². The van der Waals surface area contributed by atoms with E-state index < -0.39 is 16.1 Å². The second-order valence-electron chi connectivity index (χ2n) is 6.46. The lowest BCUT2D eigenvalue weighted by molar-refractivity contribution is -0.138. The number of hydrogen-bond donors (Lipinski definition) is 0. The molecule has 0 N–H and O–H groups in total. The molecule has 3 rings (SSSR count). The van der Waals surface area contributed by atoms with Crippen molar-refractivity contribution in [3.05, 3.63) is 29.3 Å². The van der Waals surface area contributed by atoms with Gasteiger partial charge in [-0.25, -0.2) is 8.42 Å². The lowest BCUT2D eigenvalue weighted by Crippen LogP contribution is -2.50. The molecule has 0 spiro atoms. The highest BCUT2D eigenvalue weighted by Gasteiger charge is 2.41. The Balaban J connectivity index is 1.85. The summed E-state index contributed by atoms with van der Waals surface area (Å²) in [4.78, 5) is 14.8. The molecule has 2 aliphatic heterocycles. The fraction of sp³-hybridized carbons (Fsp3) is 0.588. The summed E-state index contributed by atoms with van der Waals surface area (Å²) in [6.45, 7) is 6.35. The van der Waals surface area contributed by atoms with Crippen molar-refractivity contribution in [3.8, 4) is 0 Å². The molecule has 1 aromatic carbocycles. The van der Waals surface area contributed by atoms with Crippen LogP contribution in [0.3, 0.4) is 0 Å². The van der Waals surface area contributed by atoms with Gasteiger partial charge < -0.3 is 9.64 Å². The summed E-state index contributed by atoms with van der Waals surface area (Å²) in [5.41, 5.74) is 1.99. The number of nitrogens with zero attached hydrogens (tertiary/aromatic N) is 2. The maximum absolute atomic E-state index is 13.0. The first-order chi connectivity index (χ1) is 11.4. The van der Waals surface area contributed by atoms with E-state index in [1.807, 2.05) is 19.9 Å². The molecule has 1 aromatic rings. The zero-order chi connectivity index (χ0) is 17.3. The van der Waals surface area contributed by atoms with Crippen molar-refractivity contribution in [1.82, 2.24) is 9.21 Å². The fourth-order valence-electron chi connectivity index (χ4n) is 3.28. The second kappa shape index (κ2) is 6.82. The number of ether oxygens (including phenoxy) is 1. The van der Waals surface area contributed by atoms with Crippen LogP contribution in [0.5, 0.6) is 0 Å². The normalized spacial score (nSPS) is 22.8. The average molecular weight is 352 g/mol. The maximum atomic E-state index is 13.0. The number of sulfonamides is 1. The van der Waals surface area contributed by atoms with Gasteiger partial charge in [0.2, 0.25) is 15.9 Å². The number of carbonyl (C=O) groups excluding carboxylic acids is 1. The maximum Gasteiger partial charge on any atom is 0.243 e. The molecule has 0 saturated carbocycles. The van der Waals surface area contributed by atoms with Crippen molar-refractivity contribution in [2.45, 2.75) is 37.6 Å². The van der Waals surface area contributed by atoms with Crippen molar-refractivity contribution < 1.29 is 17.9 Å². The zero-order valence-corrected chi connectivity index (χ0v) is 15.0. The van der Waals surface area contributed by atoms with Gasteiger partial charge in [0.05, 0.1) is 18.1 Å². The molecule has 2 aliphatic rings. The van der Waals surface area contributed by atoms with Crippen LogP contribution in [0, 0.1) is 13.8 Å². The molecule has 2 fully saturated rings. The molecule has 7 heteroatoms. The van der Waals surface area contributed by atoms with Gasteiger partial charge in [0.1, 0.15) is 6.04 Å². The average Bonchev–Trinajstić information content (AvgIpc) is 3.08. The van der Waals surface area contributed by atoms with Crippen molar-refractivity contribution in [2.24, 2.45) is 0 Å². The van der Waals surface area contributed by atoms with Gasteiger partial charge in [-0.05, 0) is 49.9 Å². The molecule has 2 saturated heterocycles. The number of benzene rings is 1. The molecule has 6 nitrogen and oxygen atoms in total. The van der Waals surface area contributed by atoms with Crippen LogP contribution < -0.4 is 0 Å². The third-order valence-corrected chi connectivity index (χ3v) is 6.80. The number of rotatable bonds is 3.